The normalized spacial score (nSPS) is 13.6. The molecule has 0 amide bonds. The van der Waals surface area contributed by atoms with Crippen molar-refractivity contribution >= 4 is 19.8 Å². The van der Waals surface area contributed by atoms with E-state index in [-0.39, 0.29) is 38.6 Å². The molecule has 390 valence electrons. The van der Waals surface area contributed by atoms with Crippen LogP contribution in [-0.4, -0.2) is 49.3 Å². The average molecular weight is 962 g/mol. The van der Waals surface area contributed by atoms with Gasteiger partial charge in [-0.2, -0.15) is 0 Å². The van der Waals surface area contributed by atoms with E-state index in [1.807, 2.05) is 0 Å². The molecule has 2 atom stereocenters. The van der Waals surface area contributed by atoms with E-state index in [1.165, 1.54) is 154 Å². The summed E-state index contributed by atoms with van der Waals surface area (Å²) in [4.78, 5) is 35.1. The molecule has 67 heavy (non-hydrogen) atoms. The van der Waals surface area contributed by atoms with Crippen molar-refractivity contribution < 1.29 is 37.6 Å². The third-order valence-corrected chi connectivity index (χ3v) is 12.9. The van der Waals surface area contributed by atoms with E-state index in [9.17, 15) is 19.0 Å². The van der Waals surface area contributed by atoms with Crippen LogP contribution in [0.5, 0.6) is 0 Å². The second-order valence-corrected chi connectivity index (χ2v) is 19.9. The fourth-order valence-corrected chi connectivity index (χ4v) is 8.61. The molecule has 0 aromatic rings. The van der Waals surface area contributed by atoms with Gasteiger partial charge in [-0.15, -0.1) is 0 Å². The molecule has 0 radical (unpaired) electrons. The lowest BCUT2D eigenvalue weighted by atomic mass is 10.0. The van der Waals surface area contributed by atoms with Crippen LogP contribution in [0.15, 0.2) is 60.8 Å². The quantitative estimate of drug-likeness (QED) is 0.0264. The first kappa shape index (κ1) is 64.7. The predicted molar refractivity (Wildman–Crippen MR) is 284 cm³/mol. The number of phosphoric acid groups is 1. The van der Waals surface area contributed by atoms with Crippen LogP contribution in [0.2, 0.25) is 0 Å². The molecule has 0 saturated carbocycles. The number of phosphoric ester groups is 1. The molecule has 9 nitrogen and oxygen atoms in total. The lowest BCUT2D eigenvalue weighted by Crippen LogP contribution is -2.29. The Morgan fingerprint density at radius 2 is 0.821 bits per heavy atom. The Balaban J connectivity index is 3.92. The summed E-state index contributed by atoms with van der Waals surface area (Å²) in [5.41, 5.74) is 5.37. The lowest BCUT2D eigenvalue weighted by molar-refractivity contribution is -0.161. The van der Waals surface area contributed by atoms with E-state index < -0.39 is 26.5 Å². The Morgan fingerprint density at radius 3 is 1.22 bits per heavy atom. The number of allylic oxidation sites excluding steroid dienone is 10. The van der Waals surface area contributed by atoms with Crippen LogP contribution in [0, 0.1) is 0 Å². The van der Waals surface area contributed by atoms with E-state index in [0.717, 1.165) is 70.6 Å². The predicted octanol–water partition coefficient (Wildman–Crippen LogP) is 17.2. The van der Waals surface area contributed by atoms with Crippen molar-refractivity contribution in [1.29, 1.82) is 0 Å². The van der Waals surface area contributed by atoms with Crippen molar-refractivity contribution in [3.8, 4) is 0 Å². The zero-order valence-corrected chi connectivity index (χ0v) is 44.3. The Labute approximate surface area is 412 Å². The Bertz CT molecular complexity index is 1280. The molecule has 0 aromatic heterocycles. The van der Waals surface area contributed by atoms with Gasteiger partial charge < -0.3 is 20.1 Å². The van der Waals surface area contributed by atoms with Gasteiger partial charge in [-0.05, 0) is 57.8 Å². The average Bonchev–Trinajstić information content (AvgIpc) is 3.32. The largest absolute Gasteiger partial charge is 0.472 e. The van der Waals surface area contributed by atoms with Crippen LogP contribution in [0.1, 0.15) is 258 Å². The van der Waals surface area contributed by atoms with Gasteiger partial charge in [-0.25, -0.2) is 4.57 Å². The third kappa shape index (κ3) is 52.9. The number of ether oxygens (including phenoxy) is 2. The number of rotatable bonds is 52. The maximum atomic E-state index is 12.7. The van der Waals surface area contributed by atoms with Gasteiger partial charge in [-0.1, -0.05) is 248 Å². The molecule has 0 aromatic carbocycles. The first-order chi connectivity index (χ1) is 32.8. The topological polar surface area (TPSA) is 134 Å². The van der Waals surface area contributed by atoms with Crippen LogP contribution in [0.25, 0.3) is 0 Å². The highest BCUT2D eigenvalue weighted by molar-refractivity contribution is 7.47. The van der Waals surface area contributed by atoms with Crippen molar-refractivity contribution in [1.82, 2.24) is 0 Å². The molecule has 3 N–H and O–H groups in total. The van der Waals surface area contributed by atoms with Gasteiger partial charge >= 0.3 is 19.8 Å². The maximum Gasteiger partial charge on any atom is 0.472 e. The molecule has 0 heterocycles. The summed E-state index contributed by atoms with van der Waals surface area (Å²) in [6, 6.07) is 0. The number of carbonyl (C=O) groups is 2. The molecule has 0 rings (SSSR count). The van der Waals surface area contributed by atoms with E-state index in [1.54, 1.807) is 0 Å². The molecule has 0 aliphatic carbocycles. The van der Waals surface area contributed by atoms with Gasteiger partial charge in [0.15, 0.2) is 6.10 Å². The van der Waals surface area contributed by atoms with Gasteiger partial charge in [-0.3, -0.25) is 18.6 Å². The highest BCUT2D eigenvalue weighted by Gasteiger charge is 2.26. The van der Waals surface area contributed by atoms with Crippen LogP contribution in [-0.2, 0) is 32.7 Å². The van der Waals surface area contributed by atoms with Crippen LogP contribution >= 0.6 is 7.82 Å². The minimum absolute atomic E-state index is 0.0538. The van der Waals surface area contributed by atoms with Crippen molar-refractivity contribution in [3.63, 3.8) is 0 Å². The number of hydrogen-bond acceptors (Lipinski definition) is 8. The summed E-state index contributed by atoms with van der Waals surface area (Å²) in [5, 5.41) is 0. The van der Waals surface area contributed by atoms with Crippen molar-refractivity contribution in [2.75, 3.05) is 26.4 Å². The zero-order chi connectivity index (χ0) is 48.8. The van der Waals surface area contributed by atoms with Gasteiger partial charge in [0.25, 0.3) is 0 Å². The van der Waals surface area contributed by atoms with Gasteiger partial charge in [0.05, 0.1) is 13.2 Å². The van der Waals surface area contributed by atoms with Crippen LogP contribution in [0.4, 0.5) is 0 Å². The Morgan fingerprint density at radius 1 is 0.463 bits per heavy atom. The summed E-state index contributed by atoms with van der Waals surface area (Å²) in [6.45, 7) is 3.66. The van der Waals surface area contributed by atoms with Crippen molar-refractivity contribution in [3.05, 3.63) is 60.8 Å². The summed E-state index contributed by atoms with van der Waals surface area (Å²) in [6.07, 6.45) is 65.6. The molecule has 0 spiro atoms. The van der Waals surface area contributed by atoms with Crippen molar-refractivity contribution in [2.45, 2.75) is 264 Å². The van der Waals surface area contributed by atoms with Crippen LogP contribution in [0.3, 0.4) is 0 Å². The number of nitrogens with two attached hydrogens (primary N) is 1. The number of carbonyl (C=O) groups excluding carboxylic acids is 2. The zero-order valence-electron chi connectivity index (χ0n) is 43.4. The summed E-state index contributed by atoms with van der Waals surface area (Å²) in [5.74, 6) is -0.818. The molecule has 0 fully saturated rings. The SMILES string of the molecule is CC/C=C\C/C=C\C/C=C\C/C=C\C/C=C\CCCCCCCCCCCCCCCCCC(=O)OC(COC(=O)CCCCCCCCCCCCCCCCC)COP(=O)(O)OCCN. The summed E-state index contributed by atoms with van der Waals surface area (Å²) < 4.78 is 33.0. The number of esters is 2. The Hall–Kier alpha value is -2.29. The Kier molecular flexibility index (Phi) is 51.3. The fourth-order valence-electron chi connectivity index (χ4n) is 7.84. The summed E-state index contributed by atoms with van der Waals surface area (Å²) >= 11 is 0. The molecule has 0 saturated heterocycles. The molecule has 2 unspecified atom stereocenters. The standard InChI is InChI=1S/C57H104NO8P/c1-3-5-7-9-11-13-15-17-19-20-21-22-23-24-25-26-27-28-29-30-31-32-33-34-36-38-40-42-44-46-48-50-57(60)66-55(54-65-67(61,62)64-52-51-58)53-63-56(59)49-47-45-43-41-39-37-35-18-16-14-12-10-8-6-4-2/h5,7,11,13,17,19,21-22,24-25,55H,3-4,6,8-10,12,14-16,18,20,23,26-54,58H2,1-2H3,(H,61,62)/b7-5-,13-11-,19-17-,22-21-,25-24-. The van der Waals surface area contributed by atoms with E-state index in [0.29, 0.717) is 6.42 Å². The third-order valence-electron chi connectivity index (χ3n) is 11.9. The minimum Gasteiger partial charge on any atom is -0.462 e. The number of unbranched alkanes of at least 4 members (excludes halogenated alkanes) is 29. The minimum atomic E-state index is -4.38. The van der Waals surface area contributed by atoms with Gasteiger partial charge in [0, 0.05) is 19.4 Å². The van der Waals surface area contributed by atoms with E-state index in [2.05, 4.69) is 74.6 Å². The first-order valence-electron chi connectivity index (χ1n) is 27.8. The molecular formula is C57H104NO8P. The second-order valence-electron chi connectivity index (χ2n) is 18.4. The number of hydrogen-bond donors (Lipinski definition) is 2. The van der Waals surface area contributed by atoms with Crippen molar-refractivity contribution in [2.24, 2.45) is 5.73 Å². The first-order valence-corrected chi connectivity index (χ1v) is 29.3. The smallest absolute Gasteiger partial charge is 0.462 e. The molecule has 10 heteroatoms. The van der Waals surface area contributed by atoms with Gasteiger partial charge in [0.1, 0.15) is 6.61 Å². The van der Waals surface area contributed by atoms with Crippen LogP contribution < -0.4 is 5.73 Å². The molecule has 0 aliphatic heterocycles. The fraction of sp³-hybridized carbons (Fsp3) is 0.789. The monoisotopic (exact) mass is 962 g/mol. The summed E-state index contributed by atoms with van der Waals surface area (Å²) in [7, 11) is -4.38. The highest BCUT2D eigenvalue weighted by atomic mass is 31.2. The van der Waals surface area contributed by atoms with E-state index in [4.69, 9.17) is 24.3 Å². The van der Waals surface area contributed by atoms with Gasteiger partial charge in [0.2, 0.25) is 0 Å². The molecule has 0 aliphatic rings. The highest BCUT2D eigenvalue weighted by Crippen LogP contribution is 2.43. The molecule has 0 bridgehead atoms. The maximum absolute atomic E-state index is 12.7. The second kappa shape index (κ2) is 53.1. The molecular weight excluding hydrogens is 858 g/mol. The lowest BCUT2D eigenvalue weighted by Gasteiger charge is -2.19. The van der Waals surface area contributed by atoms with E-state index >= 15 is 0 Å².